The van der Waals surface area contributed by atoms with Crippen molar-refractivity contribution < 1.29 is 15.0 Å². The lowest BCUT2D eigenvalue weighted by Gasteiger charge is -2.48. The van der Waals surface area contributed by atoms with Crippen LogP contribution in [0.15, 0.2) is 0 Å². The van der Waals surface area contributed by atoms with Gasteiger partial charge in [-0.25, -0.2) is 0 Å². The molecule has 1 aliphatic heterocycles. The average Bonchev–Trinajstić information content (AvgIpc) is 2.13. The first-order chi connectivity index (χ1) is 6.95. The van der Waals surface area contributed by atoms with Gasteiger partial charge in [0.1, 0.15) is 0 Å². The van der Waals surface area contributed by atoms with Crippen LogP contribution in [-0.2, 0) is 4.79 Å². The molecule has 0 amide bonds. The van der Waals surface area contributed by atoms with Crippen LogP contribution in [0.1, 0.15) is 26.7 Å². The van der Waals surface area contributed by atoms with Gasteiger partial charge in [0.25, 0.3) is 0 Å². The normalized spacial score (nSPS) is 22.9. The van der Waals surface area contributed by atoms with Gasteiger partial charge in [-0.1, -0.05) is 6.92 Å². The lowest BCUT2D eigenvalue weighted by molar-refractivity contribution is -0.139. The van der Waals surface area contributed by atoms with Gasteiger partial charge < -0.3 is 20.8 Å². The Hall–Kier alpha value is -0.650. The fourth-order valence-electron chi connectivity index (χ4n) is 1.85. The van der Waals surface area contributed by atoms with Crippen LogP contribution in [0, 0.1) is 0 Å². The average molecular weight is 216 g/mol. The molecule has 0 aromatic carbocycles. The van der Waals surface area contributed by atoms with Gasteiger partial charge in [0.05, 0.1) is 18.6 Å². The molecule has 0 aliphatic carbocycles. The van der Waals surface area contributed by atoms with E-state index < -0.39 is 11.5 Å². The van der Waals surface area contributed by atoms with Gasteiger partial charge in [-0.15, -0.1) is 0 Å². The fourth-order valence-corrected chi connectivity index (χ4v) is 1.85. The summed E-state index contributed by atoms with van der Waals surface area (Å²) >= 11 is 0. The van der Waals surface area contributed by atoms with E-state index in [0.717, 1.165) is 6.42 Å². The summed E-state index contributed by atoms with van der Waals surface area (Å²) in [5.41, 5.74) is -0.781. The Morgan fingerprint density at radius 2 is 2.20 bits per heavy atom. The molecule has 0 spiro atoms. The standard InChI is InChI=1S/C10H20N2O3/c1-3-9(2,7-13)12-10(4-8(14)15)5-11-6-10/h11-13H,3-7H2,1-2H3,(H,14,15). The number of nitrogens with one attached hydrogen (secondary N) is 2. The van der Waals surface area contributed by atoms with Crippen LogP contribution < -0.4 is 10.6 Å². The number of aliphatic hydroxyl groups is 1. The van der Waals surface area contributed by atoms with E-state index in [2.05, 4.69) is 10.6 Å². The lowest BCUT2D eigenvalue weighted by Crippen LogP contribution is -2.73. The summed E-state index contributed by atoms with van der Waals surface area (Å²) in [6, 6.07) is 0. The third-order valence-electron chi connectivity index (χ3n) is 3.11. The van der Waals surface area contributed by atoms with Gasteiger partial charge in [-0.3, -0.25) is 4.79 Å². The molecule has 1 rings (SSSR count). The smallest absolute Gasteiger partial charge is 0.305 e. The number of carbonyl (C=O) groups is 1. The van der Waals surface area contributed by atoms with Crippen LogP contribution in [-0.4, -0.2) is 47.0 Å². The van der Waals surface area contributed by atoms with Crippen LogP contribution in [0.3, 0.4) is 0 Å². The molecule has 0 bridgehead atoms. The van der Waals surface area contributed by atoms with E-state index in [9.17, 15) is 9.90 Å². The van der Waals surface area contributed by atoms with Crippen molar-refractivity contribution in [2.75, 3.05) is 19.7 Å². The van der Waals surface area contributed by atoms with E-state index in [4.69, 9.17) is 5.11 Å². The summed E-state index contributed by atoms with van der Waals surface area (Å²) in [5.74, 6) is -0.805. The molecule has 5 nitrogen and oxygen atoms in total. The molecule has 15 heavy (non-hydrogen) atoms. The molecule has 1 heterocycles. The number of hydrogen-bond donors (Lipinski definition) is 4. The van der Waals surface area contributed by atoms with Gasteiger partial charge in [-0.05, 0) is 13.3 Å². The van der Waals surface area contributed by atoms with Crippen LogP contribution >= 0.6 is 0 Å². The third-order valence-corrected chi connectivity index (χ3v) is 3.11. The largest absolute Gasteiger partial charge is 0.481 e. The first-order valence-corrected chi connectivity index (χ1v) is 5.28. The number of rotatable bonds is 6. The first kappa shape index (κ1) is 12.4. The van der Waals surface area contributed by atoms with Crippen molar-refractivity contribution >= 4 is 5.97 Å². The summed E-state index contributed by atoms with van der Waals surface area (Å²) in [6.07, 6.45) is 0.862. The predicted molar refractivity (Wildman–Crippen MR) is 56.8 cm³/mol. The minimum atomic E-state index is -0.805. The lowest BCUT2D eigenvalue weighted by atomic mass is 9.84. The fraction of sp³-hybridized carbons (Fsp3) is 0.900. The van der Waals surface area contributed by atoms with Crippen molar-refractivity contribution in [1.29, 1.82) is 0 Å². The molecule has 5 heteroatoms. The quantitative estimate of drug-likeness (QED) is 0.483. The Labute approximate surface area is 89.9 Å². The third kappa shape index (κ3) is 2.90. The minimum Gasteiger partial charge on any atom is -0.481 e. The van der Waals surface area contributed by atoms with Crippen molar-refractivity contribution in [3.63, 3.8) is 0 Å². The van der Waals surface area contributed by atoms with E-state index in [1.807, 2.05) is 13.8 Å². The number of carboxylic acid groups (broad SMARTS) is 1. The maximum atomic E-state index is 10.7. The number of aliphatic carboxylic acids is 1. The van der Waals surface area contributed by atoms with E-state index in [0.29, 0.717) is 13.1 Å². The minimum absolute atomic E-state index is 0.0187. The Bertz CT molecular complexity index is 235. The highest BCUT2D eigenvalue weighted by Gasteiger charge is 2.43. The first-order valence-electron chi connectivity index (χ1n) is 5.28. The summed E-state index contributed by atoms with van der Waals surface area (Å²) in [4.78, 5) is 10.7. The summed E-state index contributed by atoms with van der Waals surface area (Å²) in [5, 5.41) is 24.4. The molecule has 0 radical (unpaired) electrons. The van der Waals surface area contributed by atoms with E-state index >= 15 is 0 Å². The highest BCUT2D eigenvalue weighted by Crippen LogP contribution is 2.22. The van der Waals surface area contributed by atoms with Crippen LogP contribution in [0.2, 0.25) is 0 Å². The second kappa shape index (κ2) is 4.47. The second-order valence-corrected chi connectivity index (χ2v) is 4.65. The Morgan fingerprint density at radius 3 is 2.47 bits per heavy atom. The topological polar surface area (TPSA) is 81.6 Å². The molecule has 0 aromatic rings. The highest BCUT2D eigenvalue weighted by atomic mass is 16.4. The summed E-state index contributed by atoms with van der Waals surface area (Å²) in [7, 11) is 0. The van der Waals surface area contributed by atoms with Crippen molar-refractivity contribution in [3.8, 4) is 0 Å². The van der Waals surface area contributed by atoms with Crippen molar-refractivity contribution in [2.24, 2.45) is 0 Å². The molecule has 0 saturated carbocycles. The van der Waals surface area contributed by atoms with Crippen molar-refractivity contribution in [1.82, 2.24) is 10.6 Å². The van der Waals surface area contributed by atoms with E-state index in [1.54, 1.807) is 0 Å². The summed E-state index contributed by atoms with van der Waals surface area (Å²) < 4.78 is 0. The number of aliphatic hydroxyl groups excluding tert-OH is 1. The number of carboxylic acids is 1. The maximum Gasteiger partial charge on any atom is 0.305 e. The molecule has 1 fully saturated rings. The van der Waals surface area contributed by atoms with Gasteiger partial charge in [0.2, 0.25) is 0 Å². The van der Waals surface area contributed by atoms with Gasteiger partial charge >= 0.3 is 5.97 Å². The summed E-state index contributed by atoms with van der Waals surface area (Å²) in [6.45, 7) is 5.20. The molecular weight excluding hydrogens is 196 g/mol. The molecule has 1 saturated heterocycles. The molecule has 4 N–H and O–H groups in total. The van der Waals surface area contributed by atoms with Crippen molar-refractivity contribution in [2.45, 2.75) is 37.8 Å². The van der Waals surface area contributed by atoms with Gasteiger partial charge in [0, 0.05) is 18.6 Å². The molecule has 0 aromatic heterocycles. The molecule has 1 aliphatic rings. The van der Waals surface area contributed by atoms with Gasteiger partial charge in [-0.2, -0.15) is 0 Å². The van der Waals surface area contributed by atoms with Crippen LogP contribution in [0.25, 0.3) is 0 Å². The molecular formula is C10H20N2O3. The monoisotopic (exact) mass is 216 g/mol. The molecule has 1 unspecified atom stereocenters. The molecule has 88 valence electrons. The maximum absolute atomic E-state index is 10.7. The number of hydrogen-bond acceptors (Lipinski definition) is 4. The Morgan fingerprint density at radius 1 is 1.60 bits per heavy atom. The highest BCUT2D eigenvalue weighted by molar-refractivity contribution is 5.69. The Kier molecular flexibility index (Phi) is 3.70. The van der Waals surface area contributed by atoms with Crippen molar-refractivity contribution in [3.05, 3.63) is 0 Å². The van der Waals surface area contributed by atoms with Crippen LogP contribution in [0.5, 0.6) is 0 Å². The van der Waals surface area contributed by atoms with Gasteiger partial charge in [0.15, 0.2) is 0 Å². The van der Waals surface area contributed by atoms with Crippen LogP contribution in [0.4, 0.5) is 0 Å². The SMILES string of the molecule is CCC(C)(CO)NC1(CC(=O)O)CNC1. The van der Waals surface area contributed by atoms with E-state index in [-0.39, 0.29) is 18.6 Å². The second-order valence-electron chi connectivity index (χ2n) is 4.65. The Balaban J connectivity index is 2.63. The zero-order valence-electron chi connectivity index (χ0n) is 9.34. The zero-order chi connectivity index (χ0) is 11.5. The predicted octanol–water partition coefficient (Wildman–Crippen LogP) is -0.446. The zero-order valence-corrected chi connectivity index (χ0v) is 9.34. The molecule has 1 atom stereocenters. The van der Waals surface area contributed by atoms with E-state index in [1.165, 1.54) is 0 Å².